The summed E-state index contributed by atoms with van der Waals surface area (Å²) in [7, 11) is 0. The predicted molar refractivity (Wildman–Crippen MR) is 98.7 cm³/mol. The summed E-state index contributed by atoms with van der Waals surface area (Å²) in [5, 5.41) is 27.7. The number of aromatic amines is 1. The quantitative estimate of drug-likeness (QED) is 0.633. The fourth-order valence-electron chi connectivity index (χ4n) is 3.34. The van der Waals surface area contributed by atoms with Crippen LogP contribution in [0.5, 0.6) is 0 Å². The van der Waals surface area contributed by atoms with Crippen molar-refractivity contribution in [3.63, 3.8) is 0 Å². The Morgan fingerprint density at radius 2 is 2.15 bits per heavy atom. The lowest BCUT2D eigenvalue weighted by Gasteiger charge is -2.25. The molecule has 0 bridgehead atoms. The number of rotatable bonds is 3. The molecule has 26 heavy (non-hydrogen) atoms. The van der Waals surface area contributed by atoms with Gasteiger partial charge < -0.3 is 15.1 Å². The molecule has 0 saturated carbocycles. The van der Waals surface area contributed by atoms with Crippen LogP contribution in [0.1, 0.15) is 6.42 Å². The molecule has 7 nitrogen and oxygen atoms in total. The van der Waals surface area contributed by atoms with Gasteiger partial charge in [-0.1, -0.05) is 29.3 Å². The third-order valence-electron chi connectivity index (χ3n) is 4.58. The van der Waals surface area contributed by atoms with Gasteiger partial charge in [-0.05, 0) is 24.1 Å². The number of pyridine rings is 1. The first kappa shape index (κ1) is 17.1. The van der Waals surface area contributed by atoms with E-state index in [1.54, 1.807) is 29.4 Å². The molecule has 3 heterocycles. The zero-order chi connectivity index (χ0) is 18.4. The minimum absolute atomic E-state index is 0.294. The molecule has 0 spiro atoms. The molecule has 9 heteroatoms. The summed E-state index contributed by atoms with van der Waals surface area (Å²) in [4.78, 5) is 17.7. The fraction of sp³-hybridized carbons (Fsp3) is 0.235. The van der Waals surface area contributed by atoms with Gasteiger partial charge in [-0.2, -0.15) is 5.10 Å². The molecule has 4 rings (SSSR count). The van der Waals surface area contributed by atoms with E-state index in [1.807, 2.05) is 6.07 Å². The molecule has 0 amide bonds. The number of halogens is 2. The highest BCUT2D eigenvalue weighted by atomic mass is 35.5. The average molecular weight is 393 g/mol. The first-order chi connectivity index (χ1) is 12.5. The third kappa shape index (κ3) is 2.68. The summed E-state index contributed by atoms with van der Waals surface area (Å²) < 4.78 is 0. The molecule has 2 aromatic heterocycles. The number of carbonyl (C=O) groups is 1. The molecule has 1 aromatic carbocycles. The van der Waals surface area contributed by atoms with E-state index >= 15 is 0 Å². The summed E-state index contributed by atoms with van der Waals surface area (Å²) in [5.74, 6) is -0.680. The molecule has 1 aliphatic rings. The van der Waals surface area contributed by atoms with Gasteiger partial charge in [-0.3, -0.25) is 5.10 Å². The zero-order valence-electron chi connectivity index (χ0n) is 13.4. The lowest BCUT2D eigenvalue weighted by atomic mass is 10.0. The smallest absolute Gasteiger partial charge is 0.329 e. The highest BCUT2D eigenvalue weighted by Crippen LogP contribution is 2.38. The van der Waals surface area contributed by atoms with Crippen LogP contribution in [0, 0.1) is 0 Å². The van der Waals surface area contributed by atoms with Crippen molar-refractivity contribution in [2.24, 2.45) is 0 Å². The van der Waals surface area contributed by atoms with Crippen molar-refractivity contribution < 1.29 is 15.0 Å². The van der Waals surface area contributed by atoms with Crippen LogP contribution >= 0.6 is 23.2 Å². The van der Waals surface area contributed by atoms with Crippen molar-refractivity contribution in [3.8, 4) is 11.1 Å². The van der Waals surface area contributed by atoms with Gasteiger partial charge in [0.1, 0.15) is 5.82 Å². The van der Waals surface area contributed by atoms with Crippen LogP contribution in [-0.4, -0.2) is 50.1 Å². The van der Waals surface area contributed by atoms with Gasteiger partial charge in [-0.15, -0.1) is 0 Å². The number of nitrogens with zero attached hydrogens (tertiary/aromatic N) is 3. The predicted octanol–water partition coefficient (Wildman–Crippen LogP) is 2.96. The number of carboxylic acids is 1. The molecule has 0 aliphatic carbocycles. The summed E-state index contributed by atoms with van der Waals surface area (Å²) in [6.45, 7) is 0.375. The lowest BCUT2D eigenvalue weighted by Crippen LogP contribution is -2.42. The van der Waals surface area contributed by atoms with Crippen molar-refractivity contribution in [2.45, 2.75) is 18.6 Å². The number of hydrogen-bond acceptors (Lipinski definition) is 5. The number of aliphatic carboxylic acids is 1. The molecule has 1 saturated heterocycles. The molecule has 1 aliphatic heterocycles. The number of carboxylic acid groups (broad SMARTS) is 1. The Labute approximate surface area is 158 Å². The maximum Gasteiger partial charge on any atom is 0.329 e. The standard InChI is InChI=1S/C17H14Cl2N4O3/c18-11-2-1-9-10(8-6-20-21-7-8)5-13(22-15(9)14(11)19)23-4-3-12(24)16(23)17(25)26/h1-2,5-7,12,16,24H,3-4H2,(H,20,21)(H,25,26)/t12-,16-/m0/s1. The van der Waals surface area contributed by atoms with Gasteiger partial charge in [0.15, 0.2) is 6.04 Å². The Morgan fingerprint density at radius 3 is 2.85 bits per heavy atom. The molecular weight excluding hydrogens is 379 g/mol. The first-order valence-corrected chi connectivity index (χ1v) is 8.68. The van der Waals surface area contributed by atoms with E-state index in [1.165, 1.54) is 0 Å². The van der Waals surface area contributed by atoms with E-state index in [0.29, 0.717) is 34.3 Å². The van der Waals surface area contributed by atoms with Crippen LogP contribution in [0.25, 0.3) is 22.0 Å². The second-order valence-electron chi connectivity index (χ2n) is 6.11. The Morgan fingerprint density at radius 1 is 1.35 bits per heavy atom. The Bertz CT molecular complexity index is 993. The molecule has 0 radical (unpaired) electrons. The topological polar surface area (TPSA) is 102 Å². The van der Waals surface area contributed by atoms with E-state index in [2.05, 4.69) is 15.2 Å². The summed E-state index contributed by atoms with van der Waals surface area (Å²) >= 11 is 12.5. The van der Waals surface area contributed by atoms with Crippen LogP contribution < -0.4 is 4.90 Å². The van der Waals surface area contributed by atoms with Crippen LogP contribution in [0.15, 0.2) is 30.6 Å². The van der Waals surface area contributed by atoms with Crippen LogP contribution in [0.2, 0.25) is 10.0 Å². The minimum atomic E-state index is -1.10. The van der Waals surface area contributed by atoms with Crippen LogP contribution in [0.4, 0.5) is 5.82 Å². The SMILES string of the molecule is O=C(O)[C@@H]1[C@@H](O)CCN1c1cc(-c2cn[nH]c2)c2ccc(Cl)c(Cl)c2n1. The van der Waals surface area contributed by atoms with Gasteiger partial charge in [0, 0.05) is 23.7 Å². The summed E-state index contributed by atoms with van der Waals surface area (Å²) in [6, 6.07) is 4.23. The van der Waals surface area contributed by atoms with Gasteiger partial charge in [0.25, 0.3) is 0 Å². The third-order valence-corrected chi connectivity index (χ3v) is 5.38. The van der Waals surface area contributed by atoms with Crippen molar-refractivity contribution in [3.05, 3.63) is 40.6 Å². The number of H-pyrrole nitrogens is 1. The number of fused-ring (bicyclic) bond motifs is 1. The molecular formula is C17H14Cl2N4O3. The van der Waals surface area contributed by atoms with E-state index in [0.717, 1.165) is 16.5 Å². The fourth-order valence-corrected chi connectivity index (χ4v) is 3.69. The molecule has 3 aromatic rings. The van der Waals surface area contributed by atoms with Gasteiger partial charge in [-0.25, -0.2) is 9.78 Å². The highest BCUT2D eigenvalue weighted by molar-refractivity contribution is 6.45. The number of anilines is 1. The second-order valence-corrected chi connectivity index (χ2v) is 6.89. The molecule has 134 valence electrons. The monoisotopic (exact) mass is 392 g/mol. The summed E-state index contributed by atoms with van der Waals surface area (Å²) in [6.07, 6.45) is 2.78. The van der Waals surface area contributed by atoms with Gasteiger partial charge >= 0.3 is 5.97 Å². The van der Waals surface area contributed by atoms with Gasteiger partial charge in [0.05, 0.1) is 27.9 Å². The Hall–Kier alpha value is -2.35. The molecule has 3 N–H and O–H groups in total. The number of aliphatic hydroxyl groups is 1. The van der Waals surface area contributed by atoms with Gasteiger partial charge in [0.2, 0.25) is 0 Å². The molecule has 1 fully saturated rings. The van der Waals surface area contributed by atoms with Crippen molar-refractivity contribution >= 4 is 45.9 Å². The van der Waals surface area contributed by atoms with Crippen molar-refractivity contribution in [1.29, 1.82) is 0 Å². The average Bonchev–Trinajstić information content (AvgIpc) is 3.27. The van der Waals surface area contributed by atoms with E-state index in [4.69, 9.17) is 23.2 Å². The van der Waals surface area contributed by atoms with Crippen LogP contribution in [0.3, 0.4) is 0 Å². The summed E-state index contributed by atoms with van der Waals surface area (Å²) in [5.41, 5.74) is 2.07. The first-order valence-electron chi connectivity index (χ1n) is 7.93. The normalized spacial score (nSPS) is 20.0. The number of nitrogens with one attached hydrogen (secondary N) is 1. The molecule has 2 atom stereocenters. The highest BCUT2D eigenvalue weighted by Gasteiger charge is 2.39. The molecule has 0 unspecified atom stereocenters. The number of benzene rings is 1. The largest absolute Gasteiger partial charge is 0.480 e. The number of aromatic nitrogens is 3. The number of hydrogen-bond donors (Lipinski definition) is 3. The maximum absolute atomic E-state index is 11.6. The van der Waals surface area contributed by atoms with E-state index in [9.17, 15) is 15.0 Å². The van der Waals surface area contributed by atoms with Crippen LogP contribution in [-0.2, 0) is 4.79 Å². The lowest BCUT2D eigenvalue weighted by molar-refractivity contribution is -0.140. The Balaban J connectivity index is 1.96. The van der Waals surface area contributed by atoms with Crippen molar-refractivity contribution in [2.75, 3.05) is 11.4 Å². The van der Waals surface area contributed by atoms with Crippen molar-refractivity contribution in [1.82, 2.24) is 15.2 Å². The Kier molecular flexibility index (Phi) is 4.22. The maximum atomic E-state index is 11.6. The van der Waals surface area contributed by atoms with E-state index in [-0.39, 0.29) is 0 Å². The zero-order valence-corrected chi connectivity index (χ0v) is 14.9. The minimum Gasteiger partial charge on any atom is -0.480 e. The number of aliphatic hydroxyl groups excluding tert-OH is 1. The van der Waals surface area contributed by atoms with E-state index < -0.39 is 18.1 Å². The second kappa shape index (κ2) is 6.42.